The maximum absolute atomic E-state index is 10.1. The Bertz CT molecular complexity index is 446. The molecule has 1 atom stereocenters. The first kappa shape index (κ1) is 23.2. The number of piperazine rings is 1. The number of rotatable bonds is 8. The van der Waals surface area contributed by atoms with E-state index in [-0.39, 0.29) is 38.0 Å². The number of methoxy groups -OCH3 is 1. The maximum atomic E-state index is 10.1. The first-order valence-corrected chi connectivity index (χ1v) is 7.71. The average molecular weight is 383 g/mol. The number of hydrogen-bond donors (Lipinski definition) is 2. The van der Waals surface area contributed by atoms with Crippen LogP contribution in [0.3, 0.4) is 0 Å². The molecule has 1 aromatic carbocycles. The van der Waals surface area contributed by atoms with Crippen LogP contribution in [0.5, 0.6) is 11.5 Å². The molecule has 140 valence electrons. The zero-order valence-corrected chi connectivity index (χ0v) is 15.6. The standard InChI is InChI=1S/C16H26N2O4.2ClH/c1-21-15-3-2-4-16(11-15)22-13-14(20)12-18-7-5-17(6-8-18)9-10-19;;/h2-4,11,14,19-20H,5-10,12-13H2,1H3;2*1H. The molecule has 1 saturated heterocycles. The van der Waals surface area contributed by atoms with E-state index in [1.54, 1.807) is 13.2 Å². The quantitative estimate of drug-likeness (QED) is 0.695. The minimum Gasteiger partial charge on any atom is -0.497 e. The van der Waals surface area contributed by atoms with E-state index in [1.807, 2.05) is 18.2 Å². The van der Waals surface area contributed by atoms with Crippen LogP contribution in [0.2, 0.25) is 0 Å². The van der Waals surface area contributed by atoms with Crippen LogP contribution in [-0.4, -0.2) is 85.7 Å². The number of aliphatic hydroxyl groups is 2. The summed E-state index contributed by atoms with van der Waals surface area (Å²) in [6.07, 6.45) is -0.518. The van der Waals surface area contributed by atoms with Gasteiger partial charge >= 0.3 is 0 Å². The Morgan fingerprint density at radius 2 is 1.71 bits per heavy atom. The molecule has 0 bridgehead atoms. The minimum absolute atomic E-state index is 0. The van der Waals surface area contributed by atoms with Gasteiger partial charge in [-0.2, -0.15) is 0 Å². The van der Waals surface area contributed by atoms with Crippen molar-refractivity contribution in [2.45, 2.75) is 6.10 Å². The zero-order valence-electron chi connectivity index (χ0n) is 14.0. The van der Waals surface area contributed by atoms with Crippen molar-refractivity contribution in [2.75, 3.05) is 59.6 Å². The highest BCUT2D eigenvalue weighted by Gasteiger charge is 2.19. The van der Waals surface area contributed by atoms with E-state index in [1.165, 1.54) is 0 Å². The second kappa shape index (κ2) is 12.6. The Morgan fingerprint density at radius 3 is 2.33 bits per heavy atom. The molecular formula is C16H28Cl2N2O4. The van der Waals surface area contributed by atoms with Gasteiger partial charge in [0.1, 0.15) is 24.2 Å². The number of halogens is 2. The lowest BCUT2D eigenvalue weighted by Gasteiger charge is -2.35. The Morgan fingerprint density at radius 1 is 1.08 bits per heavy atom. The van der Waals surface area contributed by atoms with Crippen LogP contribution in [0.4, 0.5) is 0 Å². The van der Waals surface area contributed by atoms with Gasteiger partial charge in [0.15, 0.2) is 0 Å². The Labute approximate surface area is 156 Å². The predicted molar refractivity (Wildman–Crippen MR) is 99.0 cm³/mol. The summed E-state index contributed by atoms with van der Waals surface area (Å²) in [5.74, 6) is 1.44. The van der Waals surface area contributed by atoms with Crippen LogP contribution >= 0.6 is 24.8 Å². The van der Waals surface area contributed by atoms with E-state index in [2.05, 4.69) is 9.80 Å². The lowest BCUT2D eigenvalue weighted by Crippen LogP contribution is -2.49. The summed E-state index contributed by atoms with van der Waals surface area (Å²) in [7, 11) is 1.62. The second-order valence-electron chi connectivity index (χ2n) is 5.51. The van der Waals surface area contributed by atoms with Crippen molar-refractivity contribution in [2.24, 2.45) is 0 Å². The van der Waals surface area contributed by atoms with Crippen LogP contribution in [0.15, 0.2) is 24.3 Å². The van der Waals surface area contributed by atoms with Crippen molar-refractivity contribution in [1.29, 1.82) is 0 Å². The predicted octanol–water partition coefficient (Wildman–Crippen LogP) is 0.888. The van der Waals surface area contributed by atoms with Gasteiger partial charge in [0.2, 0.25) is 0 Å². The fourth-order valence-electron chi connectivity index (χ4n) is 2.57. The summed E-state index contributed by atoms with van der Waals surface area (Å²) in [5.41, 5.74) is 0. The van der Waals surface area contributed by atoms with Crippen LogP contribution < -0.4 is 9.47 Å². The van der Waals surface area contributed by atoms with Gasteiger partial charge in [0, 0.05) is 45.3 Å². The molecule has 0 radical (unpaired) electrons. The topological polar surface area (TPSA) is 65.4 Å². The molecule has 1 aromatic rings. The van der Waals surface area contributed by atoms with Crippen LogP contribution in [0, 0.1) is 0 Å². The largest absolute Gasteiger partial charge is 0.497 e. The highest BCUT2D eigenvalue weighted by atomic mass is 35.5. The first-order chi connectivity index (χ1) is 10.7. The van der Waals surface area contributed by atoms with E-state index in [4.69, 9.17) is 14.6 Å². The Kier molecular flexibility index (Phi) is 12.2. The summed E-state index contributed by atoms with van der Waals surface area (Å²) >= 11 is 0. The normalized spacial score (nSPS) is 16.6. The first-order valence-electron chi connectivity index (χ1n) is 7.71. The Hall–Kier alpha value is -0.760. The lowest BCUT2D eigenvalue weighted by molar-refractivity contribution is 0.0428. The second-order valence-corrected chi connectivity index (χ2v) is 5.51. The van der Waals surface area contributed by atoms with Crippen molar-refractivity contribution in [1.82, 2.24) is 9.80 Å². The van der Waals surface area contributed by atoms with Gasteiger partial charge < -0.3 is 19.7 Å². The van der Waals surface area contributed by atoms with E-state index in [0.29, 0.717) is 12.3 Å². The molecule has 0 amide bonds. The van der Waals surface area contributed by atoms with Gasteiger partial charge in [0.25, 0.3) is 0 Å². The third kappa shape index (κ3) is 7.88. The van der Waals surface area contributed by atoms with Gasteiger partial charge in [-0.3, -0.25) is 9.80 Å². The molecular weight excluding hydrogens is 355 g/mol. The molecule has 1 fully saturated rings. The van der Waals surface area contributed by atoms with Crippen LogP contribution in [0.1, 0.15) is 0 Å². The summed E-state index contributed by atoms with van der Waals surface area (Å²) in [4.78, 5) is 4.46. The summed E-state index contributed by atoms with van der Waals surface area (Å²) in [5, 5.41) is 19.0. The molecule has 0 aliphatic carbocycles. The van der Waals surface area contributed by atoms with Gasteiger partial charge in [-0.1, -0.05) is 6.07 Å². The molecule has 6 nitrogen and oxygen atoms in total. The molecule has 0 aromatic heterocycles. The SMILES string of the molecule is COc1cccc(OCC(O)CN2CCN(CCO)CC2)c1.Cl.Cl. The van der Waals surface area contributed by atoms with Crippen LogP contribution in [-0.2, 0) is 0 Å². The fraction of sp³-hybridized carbons (Fsp3) is 0.625. The maximum Gasteiger partial charge on any atom is 0.123 e. The molecule has 0 saturated carbocycles. The number of nitrogens with zero attached hydrogens (tertiary/aromatic N) is 2. The van der Waals surface area contributed by atoms with Gasteiger partial charge in [-0.25, -0.2) is 0 Å². The van der Waals surface area contributed by atoms with Crippen molar-refractivity contribution in [3.63, 3.8) is 0 Å². The third-order valence-electron chi connectivity index (χ3n) is 3.83. The highest BCUT2D eigenvalue weighted by Crippen LogP contribution is 2.19. The lowest BCUT2D eigenvalue weighted by atomic mass is 10.2. The molecule has 2 N–H and O–H groups in total. The van der Waals surface area contributed by atoms with E-state index in [0.717, 1.165) is 38.5 Å². The van der Waals surface area contributed by atoms with E-state index < -0.39 is 6.10 Å². The number of ether oxygens (including phenoxy) is 2. The fourth-order valence-corrected chi connectivity index (χ4v) is 2.57. The highest BCUT2D eigenvalue weighted by molar-refractivity contribution is 5.85. The average Bonchev–Trinajstić information content (AvgIpc) is 2.55. The van der Waals surface area contributed by atoms with E-state index >= 15 is 0 Å². The minimum atomic E-state index is -0.518. The monoisotopic (exact) mass is 382 g/mol. The molecule has 0 spiro atoms. The van der Waals surface area contributed by atoms with Crippen molar-refractivity contribution in [3.05, 3.63) is 24.3 Å². The molecule has 1 unspecified atom stereocenters. The number of aliphatic hydroxyl groups excluding tert-OH is 2. The van der Waals surface area contributed by atoms with Crippen molar-refractivity contribution in [3.8, 4) is 11.5 Å². The zero-order chi connectivity index (χ0) is 15.8. The van der Waals surface area contributed by atoms with Crippen molar-refractivity contribution >= 4 is 24.8 Å². The molecule has 8 heteroatoms. The molecule has 1 heterocycles. The summed E-state index contributed by atoms with van der Waals surface area (Å²) in [6.45, 7) is 5.51. The number of hydrogen-bond acceptors (Lipinski definition) is 6. The molecule has 1 aliphatic rings. The van der Waals surface area contributed by atoms with Crippen molar-refractivity contribution < 1.29 is 19.7 Å². The molecule has 24 heavy (non-hydrogen) atoms. The Balaban J connectivity index is 0.00000264. The van der Waals surface area contributed by atoms with Gasteiger partial charge in [0.05, 0.1) is 13.7 Å². The molecule has 1 aliphatic heterocycles. The number of β-amino-alcohol motifs (C(OH)–C–C–N with tert-alkyl or cyclic N) is 2. The van der Waals surface area contributed by atoms with Gasteiger partial charge in [-0.15, -0.1) is 24.8 Å². The van der Waals surface area contributed by atoms with Crippen LogP contribution in [0.25, 0.3) is 0 Å². The van der Waals surface area contributed by atoms with Gasteiger partial charge in [-0.05, 0) is 12.1 Å². The summed E-state index contributed by atoms with van der Waals surface area (Å²) < 4.78 is 10.8. The smallest absolute Gasteiger partial charge is 0.123 e. The third-order valence-corrected chi connectivity index (χ3v) is 3.83. The van der Waals surface area contributed by atoms with E-state index in [9.17, 15) is 5.11 Å². The molecule has 2 rings (SSSR count). The number of benzene rings is 1. The summed E-state index contributed by atoms with van der Waals surface area (Å²) in [6, 6.07) is 7.37.